The molecule has 0 bridgehead atoms. The molecule has 0 radical (unpaired) electrons. The average molecular weight is 506 g/mol. The number of aryl methyl sites for hydroxylation is 1. The van der Waals surface area contributed by atoms with E-state index in [2.05, 4.69) is 20.3 Å². The van der Waals surface area contributed by atoms with E-state index in [0.717, 1.165) is 24.9 Å². The van der Waals surface area contributed by atoms with E-state index in [0.29, 0.717) is 59.0 Å². The van der Waals surface area contributed by atoms with Gasteiger partial charge in [0.1, 0.15) is 16.8 Å². The fourth-order valence-electron chi connectivity index (χ4n) is 4.59. The van der Waals surface area contributed by atoms with Gasteiger partial charge in [-0.3, -0.25) is 13.9 Å². The largest absolute Gasteiger partial charge is 0.368 e. The zero-order chi connectivity index (χ0) is 24.5. The Morgan fingerprint density at radius 3 is 2.86 bits per heavy atom. The molecule has 0 saturated carbocycles. The number of nitrogens with one attached hydrogen (secondary N) is 1. The molecule has 0 amide bonds. The minimum Gasteiger partial charge on any atom is -0.368 e. The highest BCUT2D eigenvalue weighted by atomic mass is 32.1. The summed E-state index contributed by atoms with van der Waals surface area (Å²) < 4.78 is 24.2. The number of imidazole rings is 1. The van der Waals surface area contributed by atoms with Gasteiger partial charge in [-0.1, -0.05) is 18.2 Å². The summed E-state index contributed by atoms with van der Waals surface area (Å²) >= 11 is 1.40. The van der Waals surface area contributed by atoms with Crippen molar-refractivity contribution in [2.45, 2.75) is 38.3 Å². The quantitative estimate of drug-likeness (QED) is 0.257. The van der Waals surface area contributed by atoms with E-state index >= 15 is 0 Å². The molecule has 4 aromatic heterocycles. The number of para-hydroxylation sites is 1. The second kappa shape index (κ2) is 9.75. The number of anilines is 1. The van der Waals surface area contributed by atoms with Crippen molar-refractivity contribution in [3.63, 3.8) is 0 Å². The number of hydrogen-bond donors (Lipinski definition) is 1. The maximum atomic E-state index is 14.3. The van der Waals surface area contributed by atoms with Crippen molar-refractivity contribution >= 4 is 38.5 Å². The summed E-state index contributed by atoms with van der Waals surface area (Å²) in [6, 6.07) is 11.4. The van der Waals surface area contributed by atoms with Gasteiger partial charge in [0.2, 0.25) is 0 Å². The van der Waals surface area contributed by atoms with Gasteiger partial charge >= 0.3 is 6.08 Å². The minimum atomic E-state index is -0.815. The number of rotatable bonds is 7. The summed E-state index contributed by atoms with van der Waals surface area (Å²) in [4.78, 5) is 30.3. The molecule has 9 nitrogen and oxygen atoms in total. The van der Waals surface area contributed by atoms with Gasteiger partial charge in [-0.15, -0.1) is 11.3 Å². The van der Waals surface area contributed by atoms with Crippen LogP contribution in [0.15, 0.2) is 52.9 Å². The van der Waals surface area contributed by atoms with Crippen LogP contribution < -0.4 is 10.9 Å². The van der Waals surface area contributed by atoms with Gasteiger partial charge < -0.3 is 10.1 Å². The Bertz CT molecular complexity index is 1570. The highest BCUT2D eigenvalue weighted by Gasteiger charge is 2.21. The van der Waals surface area contributed by atoms with Gasteiger partial charge in [0.15, 0.2) is 17.0 Å². The van der Waals surface area contributed by atoms with Crippen molar-refractivity contribution in [2.24, 2.45) is 0 Å². The average Bonchev–Trinajstić information content (AvgIpc) is 3.55. The molecule has 1 N–H and O–H groups in total. The molecule has 1 aromatic carbocycles. The van der Waals surface area contributed by atoms with Gasteiger partial charge in [-0.25, -0.2) is 9.97 Å². The summed E-state index contributed by atoms with van der Waals surface area (Å²) in [7, 11) is 0. The Hall–Kier alpha value is -3.70. The molecule has 1 saturated heterocycles. The number of nitrogens with zero attached hydrogens (tertiary/aromatic N) is 6. The number of ether oxygens (including phenoxy) is 1. The molecule has 184 valence electrons. The maximum absolute atomic E-state index is 14.3. The number of hydrogen-bond acceptors (Lipinski definition) is 8. The summed E-state index contributed by atoms with van der Waals surface area (Å²) in [5.41, 5.74) is 2.33. The zero-order valence-electron chi connectivity index (χ0n) is 19.4. The molecular weight excluding hydrogens is 481 g/mol. The first-order chi connectivity index (χ1) is 17.7. The molecule has 6 rings (SSSR count). The molecule has 11 heteroatoms. The van der Waals surface area contributed by atoms with E-state index in [9.17, 15) is 9.18 Å². The Kier molecular flexibility index (Phi) is 6.16. The van der Waals surface area contributed by atoms with Gasteiger partial charge in [0, 0.05) is 19.6 Å². The van der Waals surface area contributed by atoms with Crippen molar-refractivity contribution in [3.8, 4) is 5.69 Å². The molecule has 1 unspecified atom stereocenters. The predicted molar refractivity (Wildman–Crippen MR) is 136 cm³/mol. The molecule has 0 spiro atoms. The third-order valence-electron chi connectivity index (χ3n) is 6.29. The summed E-state index contributed by atoms with van der Waals surface area (Å²) in [5, 5.41) is 5.08. The van der Waals surface area contributed by atoms with Gasteiger partial charge in [-0.2, -0.15) is 14.4 Å². The first-order valence-corrected chi connectivity index (χ1v) is 12.9. The van der Waals surface area contributed by atoms with Crippen LogP contribution in [0, 0.1) is 6.08 Å². The summed E-state index contributed by atoms with van der Waals surface area (Å²) in [6.45, 7) is 1.16. The molecule has 0 aliphatic carbocycles. The molecule has 5 heterocycles. The third kappa shape index (κ3) is 4.24. The number of fused-ring (bicyclic) bond motifs is 2. The van der Waals surface area contributed by atoms with Crippen LogP contribution in [0.2, 0.25) is 0 Å². The smallest absolute Gasteiger partial charge is 0.312 e. The van der Waals surface area contributed by atoms with Crippen LogP contribution in [-0.4, -0.2) is 42.2 Å². The van der Waals surface area contributed by atoms with E-state index in [4.69, 9.17) is 9.72 Å². The number of thiophene rings is 1. The lowest BCUT2D eigenvalue weighted by Crippen LogP contribution is -2.23. The van der Waals surface area contributed by atoms with Crippen LogP contribution in [-0.2, 0) is 11.2 Å². The van der Waals surface area contributed by atoms with Gasteiger partial charge in [-0.05, 0) is 49.3 Å². The van der Waals surface area contributed by atoms with E-state index in [-0.39, 0.29) is 11.8 Å². The van der Waals surface area contributed by atoms with Gasteiger partial charge in [0.05, 0.1) is 17.5 Å². The lowest BCUT2D eigenvalue weighted by Gasteiger charge is -2.23. The SMILES string of the molecule is O=c1c2sccc2nc(CCCNc2nc(F)nc3c2ncn3C2CCCCO2)n1-c1ccccc1. The van der Waals surface area contributed by atoms with Crippen molar-refractivity contribution in [1.29, 1.82) is 0 Å². The van der Waals surface area contributed by atoms with Crippen LogP contribution in [0.4, 0.5) is 10.2 Å². The second-order valence-electron chi connectivity index (χ2n) is 8.66. The normalized spacial score (nSPS) is 16.1. The Balaban J connectivity index is 1.23. The first-order valence-electron chi connectivity index (χ1n) is 12.0. The van der Waals surface area contributed by atoms with Crippen molar-refractivity contribution < 1.29 is 9.13 Å². The van der Waals surface area contributed by atoms with E-state index in [1.807, 2.05) is 41.8 Å². The maximum Gasteiger partial charge on any atom is 0.312 e. The molecule has 5 aromatic rings. The topological polar surface area (TPSA) is 99.8 Å². The number of aromatic nitrogens is 6. The fourth-order valence-corrected chi connectivity index (χ4v) is 5.35. The Morgan fingerprint density at radius 1 is 1.14 bits per heavy atom. The molecule has 36 heavy (non-hydrogen) atoms. The molecular formula is C25H24FN7O2S. The minimum absolute atomic E-state index is 0.0702. The fraction of sp³-hybridized carbons (Fsp3) is 0.320. The lowest BCUT2D eigenvalue weighted by molar-refractivity contribution is -0.0298. The molecule has 1 aliphatic rings. The Labute approximate surface area is 209 Å². The number of halogens is 1. The molecule has 1 fully saturated rings. The second-order valence-corrected chi connectivity index (χ2v) is 9.57. The van der Waals surface area contributed by atoms with E-state index < -0.39 is 6.08 Å². The summed E-state index contributed by atoms with van der Waals surface area (Å²) in [5.74, 6) is 1.02. The third-order valence-corrected chi connectivity index (χ3v) is 7.19. The highest BCUT2D eigenvalue weighted by molar-refractivity contribution is 7.17. The van der Waals surface area contributed by atoms with Crippen LogP contribution in [0.1, 0.15) is 37.7 Å². The van der Waals surface area contributed by atoms with Crippen molar-refractivity contribution in [3.05, 3.63) is 70.4 Å². The Morgan fingerprint density at radius 2 is 2.03 bits per heavy atom. The first kappa shape index (κ1) is 22.7. The lowest BCUT2D eigenvalue weighted by atomic mass is 10.2. The van der Waals surface area contributed by atoms with Crippen molar-refractivity contribution in [2.75, 3.05) is 18.5 Å². The zero-order valence-corrected chi connectivity index (χ0v) is 20.2. The predicted octanol–water partition coefficient (Wildman–Crippen LogP) is 4.47. The van der Waals surface area contributed by atoms with E-state index in [1.54, 1.807) is 15.5 Å². The summed E-state index contributed by atoms with van der Waals surface area (Å²) in [6.07, 6.45) is 4.72. The van der Waals surface area contributed by atoms with E-state index in [1.165, 1.54) is 11.3 Å². The standard InChI is InChI=1S/C25H24FN7O2S/c26-25-30-22(20-23(31-25)32(15-28-20)19-10-4-5-13-35-19)27-12-6-9-18-29-17-11-14-36-21(17)24(34)33(18)16-7-2-1-3-8-16/h1-3,7-8,11,14-15,19H,4-6,9-10,12-13H2,(H,27,30,31). The van der Waals surface area contributed by atoms with Crippen molar-refractivity contribution in [1.82, 2.24) is 29.1 Å². The number of benzene rings is 1. The van der Waals surface area contributed by atoms with Gasteiger partial charge in [0.25, 0.3) is 5.56 Å². The molecule has 1 aliphatic heterocycles. The van der Waals surface area contributed by atoms with Crippen LogP contribution in [0.5, 0.6) is 0 Å². The highest BCUT2D eigenvalue weighted by Crippen LogP contribution is 2.28. The van der Waals surface area contributed by atoms with Crippen LogP contribution >= 0.6 is 11.3 Å². The van der Waals surface area contributed by atoms with Crippen LogP contribution in [0.25, 0.3) is 27.1 Å². The monoisotopic (exact) mass is 505 g/mol. The molecule has 1 atom stereocenters. The van der Waals surface area contributed by atoms with Crippen LogP contribution in [0.3, 0.4) is 0 Å².